The van der Waals surface area contributed by atoms with Crippen LogP contribution in [-0.2, 0) is 4.79 Å². The van der Waals surface area contributed by atoms with E-state index in [2.05, 4.69) is 5.32 Å². The largest absolute Gasteiger partial charge is 0.480 e. The quantitative estimate of drug-likeness (QED) is 0.830. The van der Waals surface area contributed by atoms with E-state index in [0.29, 0.717) is 13.1 Å². The smallest absolute Gasteiger partial charge is 0.325 e. The summed E-state index contributed by atoms with van der Waals surface area (Å²) in [5.74, 6) is -1.82. The predicted octanol–water partition coefficient (Wildman–Crippen LogP) is 1.76. The fourth-order valence-electron chi connectivity index (χ4n) is 1.51. The highest BCUT2D eigenvalue weighted by Gasteiger charge is 2.23. The van der Waals surface area contributed by atoms with Crippen molar-refractivity contribution in [2.24, 2.45) is 0 Å². The molecule has 0 amide bonds. The number of carboxylic acids is 1. The molecule has 0 aliphatic heterocycles. The Morgan fingerprint density at radius 3 is 2.78 bits per heavy atom. The number of hydrogen-bond acceptors (Lipinski definition) is 3. The average Bonchev–Trinajstić information content (AvgIpc) is 2.28. The fraction of sp³-hybridized carbons (Fsp3) is 0.417. The van der Waals surface area contributed by atoms with Crippen molar-refractivity contribution < 1.29 is 14.3 Å². The number of benzene rings is 1. The monoisotopic (exact) mass is 274 g/mol. The van der Waals surface area contributed by atoms with Gasteiger partial charge in [0.1, 0.15) is 11.9 Å². The number of nitrogens with zero attached hydrogens (tertiary/aromatic N) is 1. The summed E-state index contributed by atoms with van der Waals surface area (Å²) in [6, 6.07) is 3.25. The fourth-order valence-corrected chi connectivity index (χ4v) is 1.69. The number of carbonyl (C=O) groups is 1. The molecule has 1 aromatic rings. The number of aliphatic carboxylic acids is 1. The van der Waals surface area contributed by atoms with Crippen LogP contribution in [0.15, 0.2) is 18.2 Å². The van der Waals surface area contributed by atoms with Crippen molar-refractivity contribution in [3.05, 3.63) is 34.6 Å². The SMILES string of the molecule is CN(C)CCNC(C(=O)O)c1cccc(Cl)c1F. The van der Waals surface area contributed by atoms with Gasteiger partial charge in [-0.2, -0.15) is 0 Å². The molecule has 0 radical (unpaired) electrons. The highest BCUT2D eigenvalue weighted by molar-refractivity contribution is 6.30. The molecule has 1 atom stereocenters. The second-order valence-electron chi connectivity index (χ2n) is 4.17. The van der Waals surface area contributed by atoms with Crippen LogP contribution in [0.5, 0.6) is 0 Å². The summed E-state index contributed by atoms with van der Waals surface area (Å²) >= 11 is 5.64. The van der Waals surface area contributed by atoms with Crippen molar-refractivity contribution in [3.63, 3.8) is 0 Å². The zero-order chi connectivity index (χ0) is 13.7. The van der Waals surface area contributed by atoms with Gasteiger partial charge in [0.05, 0.1) is 5.02 Å². The van der Waals surface area contributed by atoms with E-state index in [9.17, 15) is 9.18 Å². The maximum atomic E-state index is 13.8. The van der Waals surface area contributed by atoms with Crippen LogP contribution in [0.25, 0.3) is 0 Å². The van der Waals surface area contributed by atoms with Crippen LogP contribution in [0, 0.1) is 5.82 Å². The molecule has 100 valence electrons. The van der Waals surface area contributed by atoms with E-state index in [4.69, 9.17) is 16.7 Å². The van der Waals surface area contributed by atoms with Gasteiger partial charge in [-0.25, -0.2) is 4.39 Å². The molecule has 1 unspecified atom stereocenters. The summed E-state index contributed by atoms with van der Waals surface area (Å²) in [5.41, 5.74) is 0.0498. The molecule has 0 bridgehead atoms. The lowest BCUT2D eigenvalue weighted by atomic mass is 10.1. The minimum atomic E-state index is -1.13. The Morgan fingerprint density at radius 2 is 2.22 bits per heavy atom. The number of rotatable bonds is 6. The molecule has 0 aromatic heterocycles. The first-order valence-corrected chi connectivity index (χ1v) is 5.86. The van der Waals surface area contributed by atoms with Gasteiger partial charge in [0.15, 0.2) is 0 Å². The third kappa shape index (κ3) is 3.94. The van der Waals surface area contributed by atoms with Crippen molar-refractivity contribution in [2.75, 3.05) is 27.2 Å². The molecule has 0 aliphatic rings. The maximum absolute atomic E-state index is 13.8. The second-order valence-corrected chi connectivity index (χ2v) is 4.58. The van der Waals surface area contributed by atoms with Gasteiger partial charge in [-0.3, -0.25) is 10.1 Å². The molecular formula is C12H16ClFN2O2. The topological polar surface area (TPSA) is 52.6 Å². The van der Waals surface area contributed by atoms with Crippen LogP contribution in [0.3, 0.4) is 0 Å². The van der Waals surface area contributed by atoms with E-state index in [1.165, 1.54) is 18.2 Å². The Kier molecular flexibility index (Phi) is 5.53. The van der Waals surface area contributed by atoms with Crippen LogP contribution in [-0.4, -0.2) is 43.2 Å². The summed E-state index contributed by atoms with van der Waals surface area (Å²) in [6.45, 7) is 1.10. The van der Waals surface area contributed by atoms with Gasteiger partial charge in [-0.05, 0) is 20.2 Å². The Hall–Kier alpha value is -1.17. The van der Waals surface area contributed by atoms with Gasteiger partial charge in [0.25, 0.3) is 0 Å². The third-order valence-corrected chi connectivity index (χ3v) is 2.74. The normalized spacial score (nSPS) is 12.7. The lowest BCUT2D eigenvalue weighted by Gasteiger charge is -2.17. The number of nitrogens with one attached hydrogen (secondary N) is 1. The third-order valence-electron chi connectivity index (χ3n) is 2.45. The Balaban J connectivity index is 2.84. The summed E-state index contributed by atoms with van der Waals surface area (Å²) in [5, 5.41) is 11.8. The van der Waals surface area contributed by atoms with Crippen LogP contribution in [0.4, 0.5) is 4.39 Å². The summed E-state index contributed by atoms with van der Waals surface area (Å²) in [4.78, 5) is 13.1. The highest BCUT2D eigenvalue weighted by Crippen LogP contribution is 2.23. The first-order valence-electron chi connectivity index (χ1n) is 5.48. The predicted molar refractivity (Wildman–Crippen MR) is 68.3 cm³/mol. The second kappa shape index (κ2) is 6.68. The standard InChI is InChI=1S/C12H16ClFN2O2/c1-16(2)7-6-15-11(12(17)18)8-4-3-5-9(13)10(8)14/h3-5,11,15H,6-7H2,1-2H3,(H,17,18). The van der Waals surface area contributed by atoms with Gasteiger partial charge in [0.2, 0.25) is 0 Å². The molecule has 1 aromatic carbocycles. The van der Waals surface area contributed by atoms with Crippen molar-refractivity contribution >= 4 is 17.6 Å². The highest BCUT2D eigenvalue weighted by atomic mass is 35.5. The molecule has 6 heteroatoms. The van der Waals surface area contributed by atoms with Crippen molar-refractivity contribution in [1.29, 1.82) is 0 Å². The minimum absolute atomic E-state index is 0.0498. The summed E-state index contributed by atoms with van der Waals surface area (Å²) in [6.07, 6.45) is 0. The van der Waals surface area contributed by atoms with E-state index in [0.717, 1.165) is 0 Å². The van der Waals surface area contributed by atoms with Gasteiger partial charge in [-0.15, -0.1) is 0 Å². The number of carboxylic acid groups (broad SMARTS) is 1. The van der Waals surface area contributed by atoms with Gasteiger partial charge >= 0.3 is 5.97 Å². The molecular weight excluding hydrogens is 259 g/mol. The van der Waals surface area contributed by atoms with E-state index in [-0.39, 0.29) is 10.6 Å². The molecule has 0 spiro atoms. The van der Waals surface area contributed by atoms with Crippen molar-refractivity contribution in [1.82, 2.24) is 10.2 Å². The van der Waals surface area contributed by atoms with Crippen LogP contribution in [0.2, 0.25) is 5.02 Å². The first kappa shape index (κ1) is 14.9. The van der Waals surface area contributed by atoms with E-state index in [1.807, 2.05) is 19.0 Å². The number of likely N-dealkylation sites (N-methyl/N-ethyl adjacent to an activating group) is 1. The first-order chi connectivity index (χ1) is 8.43. The van der Waals surface area contributed by atoms with Crippen LogP contribution >= 0.6 is 11.6 Å². The minimum Gasteiger partial charge on any atom is -0.480 e. The zero-order valence-corrected chi connectivity index (χ0v) is 11.0. The number of hydrogen-bond donors (Lipinski definition) is 2. The maximum Gasteiger partial charge on any atom is 0.325 e. The van der Waals surface area contributed by atoms with Gasteiger partial charge in [-0.1, -0.05) is 23.7 Å². The molecule has 0 fully saturated rings. The van der Waals surface area contributed by atoms with Crippen LogP contribution in [0.1, 0.15) is 11.6 Å². The molecule has 0 heterocycles. The lowest BCUT2D eigenvalue weighted by molar-refractivity contribution is -0.139. The average molecular weight is 275 g/mol. The van der Waals surface area contributed by atoms with E-state index >= 15 is 0 Å². The Labute approximate surface area is 110 Å². The Morgan fingerprint density at radius 1 is 1.56 bits per heavy atom. The molecule has 18 heavy (non-hydrogen) atoms. The molecule has 0 saturated heterocycles. The molecule has 1 rings (SSSR count). The lowest BCUT2D eigenvalue weighted by Crippen LogP contribution is -2.34. The van der Waals surface area contributed by atoms with E-state index < -0.39 is 17.8 Å². The molecule has 0 aliphatic carbocycles. The summed E-state index contributed by atoms with van der Waals surface area (Å²) in [7, 11) is 3.74. The van der Waals surface area contributed by atoms with E-state index in [1.54, 1.807) is 0 Å². The number of halogens is 2. The molecule has 4 nitrogen and oxygen atoms in total. The van der Waals surface area contributed by atoms with Crippen molar-refractivity contribution in [3.8, 4) is 0 Å². The zero-order valence-electron chi connectivity index (χ0n) is 10.3. The molecule has 0 saturated carbocycles. The van der Waals surface area contributed by atoms with Crippen molar-refractivity contribution in [2.45, 2.75) is 6.04 Å². The Bertz CT molecular complexity index is 427. The molecule has 2 N–H and O–H groups in total. The summed E-state index contributed by atoms with van der Waals surface area (Å²) < 4.78 is 13.8. The van der Waals surface area contributed by atoms with Gasteiger partial charge < -0.3 is 10.0 Å². The van der Waals surface area contributed by atoms with Gasteiger partial charge in [0, 0.05) is 18.7 Å². The van der Waals surface area contributed by atoms with Crippen LogP contribution < -0.4 is 5.32 Å².